The first kappa shape index (κ1) is 11.0. The summed E-state index contributed by atoms with van der Waals surface area (Å²) < 4.78 is 0.791. The minimum Gasteiger partial charge on any atom is -0.288 e. The molecule has 80 valence electrons. The third-order valence-corrected chi connectivity index (χ3v) is 2.54. The number of ketones is 1. The first-order chi connectivity index (χ1) is 7.66. The monoisotopic (exact) mass is 276 g/mol. The van der Waals surface area contributed by atoms with Crippen LogP contribution in [0.5, 0.6) is 0 Å². The van der Waals surface area contributed by atoms with E-state index in [1.807, 2.05) is 13.0 Å². The second-order valence-electron chi connectivity index (χ2n) is 3.47. The van der Waals surface area contributed by atoms with Gasteiger partial charge in [-0.1, -0.05) is 0 Å². The minimum atomic E-state index is -0.0648. The summed E-state index contributed by atoms with van der Waals surface area (Å²) >= 11 is 3.29. The Morgan fingerprint density at radius 1 is 1.06 bits per heavy atom. The standard InChI is InChI=1S/C12H9BrN2O/c1-8-2-9(5-14-4-8)12(16)10-3-11(13)7-15-6-10/h2-7H,1H3. The third-order valence-electron chi connectivity index (χ3n) is 2.10. The Morgan fingerprint density at radius 3 is 2.31 bits per heavy atom. The second kappa shape index (κ2) is 4.53. The molecule has 0 aliphatic rings. The highest BCUT2D eigenvalue weighted by Gasteiger charge is 2.10. The number of aryl methyl sites for hydroxylation is 1. The van der Waals surface area contributed by atoms with Gasteiger partial charge in [0.1, 0.15) is 0 Å². The zero-order chi connectivity index (χ0) is 11.5. The van der Waals surface area contributed by atoms with E-state index in [1.54, 1.807) is 30.9 Å². The molecule has 0 aromatic carbocycles. The van der Waals surface area contributed by atoms with Crippen LogP contribution < -0.4 is 0 Å². The Morgan fingerprint density at radius 2 is 1.69 bits per heavy atom. The van der Waals surface area contributed by atoms with Crippen molar-refractivity contribution in [3.8, 4) is 0 Å². The molecule has 0 saturated carbocycles. The van der Waals surface area contributed by atoms with Crippen molar-refractivity contribution in [3.63, 3.8) is 0 Å². The number of carbonyl (C=O) groups excluding carboxylic acids is 1. The summed E-state index contributed by atoms with van der Waals surface area (Å²) in [4.78, 5) is 20.0. The summed E-state index contributed by atoms with van der Waals surface area (Å²) in [5.41, 5.74) is 2.11. The molecule has 0 saturated heterocycles. The van der Waals surface area contributed by atoms with Gasteiger partial charge in [0.15, 0.2) is 5.78 Å². The number of aromatic nitrogens is 2. The number of pyridine rings is 2. The third kappa shape index (κ3) is 2.33. The SMILES string of the molecule is Cc1cncc(C(=O)c2cncc(Br)c2)c1. The molecular weight excluding hydrogens is 268 g/mol. The van der Waals surface area contributed by atoms with E-state index >= 15 is 0 Å². The number of nitrogens with zero attached hydrogens (tertiary/aromatic N) is 2. The van der Waals surface area contributed by atoms with E-state index in [4.69, 9.17) is 0 Å². The molecule has 0 amide bonds. The van der Waals surface area contributed by atoms with E-state index in [9.17, 15) is 4.79 Å². The molecule has 2 rings (SSSR count). The highest BCUT2D eigenvalue weighted by molar-refractivity contribution is 9.10. The van der Waals surface area contributed by atoms with Gasteiger partial charge in [-0.2, -0.15) is 0 Å². The van der Waals surface area contributed by atoms with Crippen molar-refractivity contribution in [2.45, 2.75) is 6.92 Å². The molecule has 0 aliphatic carbocycles. The van der Waals surface area contributed by atoms with E-state index < -0.39 is 0 Å². The van der Waals surface area contributed by atoms with E-state index in [0.717, 1.165) is 10.0 Å². The molecule has 16 heavy (non-hydrogen) atoms. The fraction of sp³-hybridized carbons (Fsp3) is 0.0833. The van der Waals surface area contributed by atoms with Gasteiger partial charge in [-0.25, -0.2) is 0 Å². The maximum atomic E-state index is 12.0. The highest BCUT2D eigenvalue weighted by atomic mass is 79.9. The second-order valence-corrected chi connectivity index (χ2v) is 4.39. The van der Waals surface area contributed by atoms with Gasteiger partial charge in [-0.15, -0.1) is 0 Å². The van der Waals surface area contributed by atoms with Gasteiger partial charge in [0.25, 0.3) is 0 Å². The van der Waals surface area contributed by atoms with Crippen LogP contribution >= 0.6 is 15.9 Å². The Kier molecular flexibility index (Phi) is 3.10. The smallest absolute Gasteiger partial charge is 0.196 e. The lowest BCUT2D eigenvalue weighted by molar-refractivity contribution is 0.103. The van der Waals surface area contributed by atoms with Gasteiger partial charge in [0, 0.05) is 40.4 Å². The molecule has 2 aromatic heterocycles. The summed E-state index contributed by atoms with van der Waals surface area (Å²) in [5, 5.41) is 0. The van der Waals surface area contributed by atoms with Crippen LogP contribution in [0.1, 0.15) is 21.5 Å². The molecule has 0 unspecified atom stereocenters. The van der Waals surface area contributed by atoms with Gasteiger partial charge in [0.2, 0.25) is 0 Å². The van der Waals surface area contributed by atoms with E-state index in [-0.39, 0.29) is 5.78 Å². The molecule has 0 bridgehead atoms. The van der Waals surface area contributed by atoms with Crippen molar-refractivity contribution < 1.29 is 4.79 Å². The van der Waals surface area contributed by atoms with Crippen LogP contribution in [0, 0.1) is 6.92 Å². The Balaban J connectivity index is 2.39. The molecule has 0 N–H and O–H groups in total. The van der Waals surface area contributed by atoms with Gasteiger partial charge < -0.3 is 0 Å². The summed E-state index contributed by atoms with van der Waals surface area (Å²) in [5.74, 6) is -0.0648. The zero-order valence-electron chi connectivity index (χ0n) is 8.64. The fourth-order valence-electron chi connectivity index (χ4n) is 1.38. The lowest BCUT2D eigenvalue weighted by atomic mass is 10.1. The summed E-state index contributed by atoms with van der Waals surface area (Å²) in [6, 6.07) is 3.56. The number of rotatable bonds is 2. The van der Waals surface area contributed by atoms with Crippen LogP contribution in [-0.2, 0) is 0 Å². The molecule has 0 fully saturated rings. The van der Waals surface area contributed by atoms with Gasteiger partial charge >= 0.3 is 0 Å². The van der Waals surface area contributed by atoms with Crippen molar-refractivity contribution in [1.82, 2.24) is 9.97 Å². The molecule has 0 radical (unpaired) electrons. The predicted molar refractivity (Wildman–Crippen MR) is 64.3 cm³/mol. The van der Waals surface area contributed by atoms with Crippen LogP contribution in [-0.4, -0.2) is 15.8 Å². The van der Waals surface area contributed by atoms with Crippen molar-refractivity contribution in [2.75, 3.05) is 0 Å². The first-order valence-corrected chi connectivity index (χ1v) is 5.53. The normalized spacial score (nSPS) is 10.1. The topological polar surface area (TPSA) is 42.9 Å². The predicted octanol–water partition coefficient (Wildman–Crippen LogP) is 2.78. The van der Waals surface area contributed by atoms with Crippen LogP contribution in [0.25, 0.3) is 0 Å². The number of halogens is 1. The van der Waals surface area contributed by atoms with Gasteiger partial charge in [-0.05, 0) is 40.5 Å². The molecule has 0 aliphatic heterocycles. The van der Waals surface area contributed by atoms with Crippen molar-refractivity contribution in [2.24, 2.45) is 0 Å². The largest absolute Gasteiger partial charge is 0.288 e. The Hall–Kier alpha value is -1.55. The van der Waals surface area contributed by atoms with Crippen molar-refractivity contribution >= 4 is 21.7 Å². The molecular formula is C12H9BrN2O. The number of hydrogen-bond acceptors (Lipinski definition) is 3. The lowest BCUT2D eigenvalue weighted by Crippen LogP contribution is -2.02. The van der Waals surface area contributed by atoms with E-state index in [2.05, 4.69) is 25.9 Å². The van der Waals surface area contributed by atoms with Crippen LogP contribution in [0.15, 0.2) is 41.4 Å². The number of carbonyl (C=O) groups is 1. The number of hydrogen-bond donors (Lipinski definition) is 0. The van der Waals surface area contributed by atoms with Crippen LogP contribution in [0.2, 0.25) is 0 Å². The van der Waals surface area contributed by atoms with Crippen molar-refractivity contribution in [1.29, 1.82) is 0 Å². The zero-order valence-corrected chi connectivity index (χ0v) is 10.2. The molecule has 2 aromatic rings. The van der Waals surface area contributed by atoms with E-state index in [1.165, 1.54) is 0 Å². The van der Waals surface area contributed by atoms with Gasteiger partial charge in [0.05, 0.1) is 0 Å². The van der Waals surface area contributed by atoms with Crippen LogP contribution in [0.3, 0.4) is 0 Å². The first-order valence-electron chi connectivity index (χ1n) is 4.74. The summed E-state index contributed by atoms with van der Waals surface area (Å²) in [7, 11) is 0. The molecule has 0 atom stereocenters. The maximum Gasteiger partial charge on any atom is 0.196 e. The maximum absolute atomic E-state index is 12.0. The Labute approximate surface area is 102 Å². The Bertz CT molecular complexity index is 493. The average molecular weight is 277 g/mol. The molecule has 4 heteroatoms. The van der Waals surface area contributed by atoms with E-state index in [0.29, 0.717) is 11.1 Å². The average Bonchev–Trinajstić information content (AvgIpc) is 2.28. The van der Waals surface area contributed by atoms with Crippen LogP contribution in [0.4, 0.5) is 0 Å². The highest BCUT2D eigenvalue weighted by Crippen LogP contribution is 2.14. The minimum absolute atomic E-state index is 0.0648. The molecule has 3 nitrogen and oxygen atoms in total. The molecule has 2 heterocycles. The fourth-order valence-corrected chi connectivity index (χ4v) is 1.75. The summed E-state index contributed by atoms with van der Waals surface area (Å²) in [6.07, 6.45) is 6.48. The summed E-state index contributed by atoms with van der Waals surface area (Å²) in [6.45, 7) is 1.91. The molecule has 0 spiro atoms. The van der Waals surface area contributed by atoms with Gasteiger partial charge in [-0.3, -0.25) is 14.8 Å². The van der Waals surface area contributed by atoms with Crippen molar-refractivity contribution in [3.05, 3.63) is 58.1 Å². The quantitative estimate of drug-likeness (QED) is 0.793. The lowest BCUT2D eigenvalue weighted by Gasteiger charge is -2.01.